The summed E-state index contributed by atoms with van der Waals surface area (Å²) in [7, 11) is 0. The predicted octanol–water partition coefficient (Wildman–Crippen LogP) is 4.05. The molecule has 1 fully saturated rings. The van der Waals surface area contributed by atoms with Gasteiger partial charge in [-0.1, -0.05) is 0 Å². The van der Waals surface area contributed by atoms with Gasteiger partial charge in [-0.05, 0) is 0 Å². The predicted molar refractivity (Wildman–Crippen MR) is 92.4 cm³/mol. The molecule has 0 bridgehead atoms. The normalized spacial score (nSPS) is 13.5. The first kappa shape index (κ1) is 22.6. The average molecular weight is 433 g/mol. The van der Waals surface area contributed by atoms with Crippen LogP contribution in [0.2, 0.25) is 0 Å². The van der Waals surface area contributed by atoms with E-state index in [2.05, 4.69) is 0 Å². The van der Waals surface area contributed by atoms with Crippen LogP contribution in [0, 0.1) is 49.3 Å². The lowest BCUT2D eigenvalue weighted by molar-refractivity contribution is -0.385. The van der Waals surface area contributed by atoms with E-state index in [1.165, 1.54) is 4.90 Å². The molecule has 0 unspecified atom stereocenters. The van der Waals surface area contributed by atoms with Crippen LogP contribution in [0.25, 0.3) is 0 Å². The third-order valence-corrected chi connectivity index (χ3v) is 4.03. The van der Waals surface area contributed by atoms with Crippen LogP contribution in [0.4, 0.5) is 39.0 Å². The number of piperidine rings is 1. The summed E-state index contributed by atoms with van der Waals surface area (Å²) in [4.78, 5) is 31.0. The molecule has 13 heteroatoms. The number of carbonyl (C=O) groups is 1. The fourth-order valence-electron chi connectivity index (χ4n) is 2.59. The molecule has 0 saturated carbocycles. The average Bonchev–Trinajstić information content (AvgIpc) is 2.67. The van der Waals surface area contributed by atoms with Gasteiger partial charge in [0.1, 0.15) is 11.5 Å². The van der Waals surface area contributed by atoms with Crippen LogP contribution >= 0.6 is 0 Å². The number of anilines is 1. The van der Waals surface area contributed by atoms with Crippen molar-refractivity contribution in [3.8, 4) is 0 Å². The molecule has 0 aromatic heterocycles. The van der Waals surface area contributed by atoms with Crippen LogP contribution in [-0.4, -0.2) is 28.7 Å². The summed E-state index contributed by atoms with van der Waals surface area (Å²) in [6, 6.07) is 2.01. The molecule has 0 amide bonds. The zero-order chi connectivity index (χ0) is 22.6. The Balaban J connectivity index is 0.000000232. The molecular weight excluding hydrogens is 421 g/mol. The molecule has 1 heterocycles. The second-order valence-corrected chi connectivity index (χ2v) is 6.02. The third-order valence-electron chi connectivity index (χ3n) is 4.03. The number of hydrogen-bond acceptors (Lipinski definition) is 6. The highest BCUT2D eigenvalue weighted by Gasteiger charge is 2.25. The van der Waals surface area contributed by atoms with E-state index in [0.29, 0.717) is 24.3 Å². The number of nitro benzene ring substituents is 2. The van der Waals surface area contributed by atoms with Gasteiger partial charge in [0.2, 0.25) is 0 Å². The number of Topliss-reactive ketones (excluding diaryl/α,β-unsaturated/α-hetero) is 1. The first-order valence-corrected chi connectivity index (χ1v) is 8.20. The Bertz CT molecular complexity index is 961. The lowest BCUT2D eigenvalue weighted by Crippen LogP contribution is -2.35. The molecule has 0 spiro atoms. The summed E-state index contributed by atoms with van der Waals surface area (Å²) in [5.41, 5.74) is -1.73. The topological polar surface area (TPSA) is 107 Å². The van der Waals surface area contributed by atoms with Gasteiger partial charge in [0.25, 0.3) is 11.4 Å². The summed E-state index contributed by atoms with van der Waals surface area (Å²) in [5.74, 6) is -6.75. The van der Waals surface area contributed by atoms with Gasteiger partial charge < -0.3 is 4.90 Å². The highest BCUT2D eigenvalue weighted by molar-refractivity contribution is 5.81. The molecule has 0 radical (unpaired) electrons. The molecule has 160 valence electrons. The maximum atomic E-state index is 13.7. The summed E-state index contributed by atoms with van der Waals surface area (Å²) in [6.45, 7) is 0.453. The quantitative estimate of drug-likeness (QED) is 0.313. The molecule has 0 N–H and O–H groups in total. The molecular formula is C17H12F5N3O5. The van der Waals surface area contributed by atoms with Gasteiger partial charge in [-0.15, -0.1) is 0 Å². The number of ketones is 1. The van der Waals surface area contributed by atoms with Crippen molar-refractivity contribution in [1.82, 2.24) is 0 Å². The van der Waals surface area contributed by atoms with Gasteiger partial charge in [-0.2, -0.15) is 0 Å². The van der Waals surface area contributed by atoms with Crippen molar-refractivity contribution >= 4 is 22.8 Å². The lowest BCUT2D eigenvalue weighted by atomic mass is 10.1. The van der Waals surface area contributed by atoms with E-state index in [1.54, 1.807) is 0 Å². The summed E-state index contributed by atoms with van der Waals surface area (Å²) in [5, 5.41) is 20.4. The first-order valence-electron chi connectivity index (χ1n) is 8.20. The summed E-state index contributed by atoms with van der Waals surface area (Å²) in [6.07, 6.45) is 0.464. The molecule has 0 atom stereocenters. The molecule has 0 aliphatic carbocycles. The van der Waals surface area contributed by atoms with Crippen LogP contribution in [0.15, 0.2) is 24.3 Å². The minimum atomic E-state index is -1.71. The van der Waals surface area contributed by atoms with Gasteiger partial charge in [-0.25, -0.2) is 22.0 Å². The molecule has 1 aliphatic heterocycles. The molecule has 8 nitrogen and oxygen atoms in total. The van der Waals surface area contributed by atoms with Crippen LogP contribution in [0.5, 0.6) is 0 Å². The number of benzene rings is 2. The highest BCUT2D eigenvalue weighted by Crippen LogP contribution is 2.29. The van der Waals surface area contributed by atoms with Crippen molar-refractivity contribution in [3.63, 3.8) is 0 Å². The van der Waals surface area contributed by atoms with Crippen molar-refractivity contribution < 1.29 is 36.6 Å². The molecule has 2 aromatic rings. The SMILES string of the molecule is O=C1CCN(c2c(F)cc([N+](=O)[O-])cc2F)CC1.O=[N+]([O-])c1cc(F)c(F)c(F)c1. The molecule has 1 saturated heterocycles. The minimum absolute atomic E-state index is 0.0500. The zero-order valence-corrected chi connectivity index (χ0v) is 14.9. The van der Waals surface area contributed by atoms with E-state index in [4.69, 9.17) is 0 Å². The van der Waals surface area contributed by atoms with Crippen LogP contribution in [-0.2, 0) is 4.79 Å². The number of nitrogens with zero attached hydrogens (tertiary/aromatic N) is 3. The molecule has 3 rings (SSSR count). The van der Waals surface area contributed by atoms with E-state index in [9.17, 15) is 47.0 Å². The number of hydrogen-bond donors (Lipinski definition) is 0. The maximum absolute atomic E-state index is 13.7. The lowest BCUT2D eigenvalue weighted by Gasteiger charge is -2.28. The van der Waals surface area contributed by atoms with E-state index in [0.717, 1.165) is 0 Å². The minimum Gasteiger partial charge on any atom is -0.366 e. The zero-order valence-electron chi connectivity index (χ0n) is 14.9. The van der Waals surface area contributed by atoms with Crippen molar-refractivity contribution in [2.24, 2.45) is 0 Å². The first-order chi connectivity index (χ1) is 14.0. The Morgan fingerprint density at radius 3 is 1.47 bits per heavy atom. The Hall–Kier alpha value is -3.64. The van der Waals surface area contributed by atoms with E-state index >= 15 is 0 Å². The smallest absolute Gasteiger partial charge is 0.275 e. The molecule has 1 aliphatic rings. The second kappa shape index (κ2) is 9.24. The van der Waals surface area contributed by atoms with Crippen LogP contribution in [0.1, 0.15) is 12.8 Å². The summed E-state index contributed by atoms with van der Waals surface area (Å²) >= 11 is 0. The van der Waals surface area contributed by atoms with Crippen LogP contribution in [0.3, 0.4) is 0 Å². The van der Waals surface area contributed by atoms with Gasteiger partial charge in [-0.3, -0.25) is 25.0 Å². The monoisotopic (exact) mass is 433 g/mol. The number of non-ortho nitro benzene ring substituents is 2. The van der Waals surface area contributed by atoms with Crippen molar-refractivity contribution in [2.45, 2.75) is 12.8 Å². The van der Waals surface area contributed by atoms with Gasteiger partial charge >= 0.3 is 0 Å². The van der Waals surface area contributed by atoms with Crippen molar-refractivity contribution in [1.29, 1.82) is 0 Å². The van der Waals surface area contributed by atoms with Gasteiger partial charge in [0.05, 0.1) is 34.1 Å². The fraction of sp³-hybridized carbons (Fsp3) is 0.235. The molecule has 30 heavy (non-hydrogen) atoms. The Morgan fingerprint density at radius 2 is 1.10 bits per heavy atom. The van der Waals surface area contributed by atoms with Crippen molar-refractivity contribution in [2.75, 3.05) is 18.0 Å². The highest BCUT2D eigenvalue weighted by atomic mass is 19.2. The Labute approximate surface area is 164 Å². The van der Waals surface area contributed by atoms with Crippen molar-refractivity contribution in [3.05, 3.63) is 73.6 Å². The fourth-order valence-corrected chi connectivity index (χ4v) is 2.59. The standard InChI is InChI=1S/C11H10F2N2O3.C6H2F3NO2/c12-9-5-7(15(17)18)6-10(13)11(9)14-3-1-8(16)2-4-14;7-4-1-3(10(11)12)2-5(8)6(4)9/h5-6H,1-4H2;1-2H. The third kappa shape index (κ3) is 5.24. The van der Waals surface area contributed by atoms with Gasteiger partial charge in [0, 0.05) is 25.9 Å². The van der Waals surface area contributed by atoms with Gasteiger partial charge in [0.15, 0.2) is 29.1 Å². The number of halogens is 5. The van der Waals surface area contributed by atoms with Crippen LogP contribution < -0.4 is 4.90 Å². The van der Waals surface area contributed by atoms with E-state index in [1.807, 2.05) is 0 Å². The largest absolute Gasteiger partial charge is 0.366 e. The maximum Gasteiger partial charge on any atom is 0.275 e. The summed E-state index contributed by atoms with van der Waals surface area (Å²) < 4.78 is 64.1. The Kier molecular flexibility index (Phi) is 6.97. The Morgan fingerprint density at radius 1 is 0.733 bits per heavy atom. The second-order valence-electron chi connectivity index (χ2n) is 6.02. The number of carbonyl (C=O) groups excluding carboxylic acids is 1. The molecule has 2 aromatic carbocycles. The number of rotatable bonds is 3. The number of nitro groups is 2. The van der Waals surface area contributed by atoms with E-state index < -0.39 is 50.3 Å². The van der Waals surface area contributed by atoms with E-state index in [-0.39, 0.29) is 37.4 Å².